The van der Waals surface area contributed by atoms with Gasteiger partial charge in [-0.3, -0.25) is 9.59 Å². The summed E-state index contributed by atoms with van der Waals surface area (Å²) < 4.78 is 13.7. The summed E-state index contributed by atoms with van der Waals surface area (Å²) in [6.45, 7) is 16.8. The number of benzene rings is 2. The Morgan fingerprint density at radius 2 is 1.26 bits per heavy atom. The molecule has 8 nitrogen and oxygen atoms in total. The third-order valence-corrected chi connectivity index (χ3v) is 7.92. The van der Waals surface area contributed by atoms with Gasteiger partial charge in [-0.25, -0.2) is 0 Å². The van der Waals surface area contributed by atoms with Crippen molar-refractivity contribution < 1.29 is 28.0 Å². The van der Waals surface area contributed by atoms with Crippen LogP contribution in [0.25, 0.3) is 11.1 Å². The van der Waals surface area contributed by atoms with Gasteiger partial charge in [0, 0.05) is 18.7 Å². The number of nitrogens with one attached hydrogen (secondary N) is 2. The molecule has 2 rings (SSSR count). The number of carbonyl (C=O) groups is 2. The molecule has 0 spiro atoms. The maximum atomic E-state index is 12.4. The van der Waals surface area contributed by atoms with Crippen LogP contribution in [0.3, 0.4) is 0 Å². The molecule has 0 unspecified atom stereocenters. The second-order valence-corrected chi connectivity index (χ2v) is 13.4. The van der Waals surface area contributed by atoms with Gasteiger partial charge in [0.25, 0.3) is 11.8 Å². The van der Waals surface area contributed by atoms with Crippen molar-refractivity contribution in [3.8, 4) is 22.6 Å². The fraction of sp³-hybridized carbons (Fsp3) is 0.526. The van der Waals surface area contributed by atoms with Gasteiger partial charge in [0.05, 0.1) is 28.2 Å². The Hall–Kier alpha value is -3.62. The number of unbranched alkanes of at least 4 members (excludes halogenated alkanes) is 2. The topological polar surface area (TPSA) is 76.7 Å². The molecule has 2 aromatic carbocycles. The van der Waals surface area contributed by atoms with Gasteiger partial charge in [-0.05, 0) is 66.6 Å². The van der Waals surface area contributed by atoms with E-state index in [4.69, 9.17) is 9.47 Å². The van der Waals surface area contributed by atoms with E-state index in [2.05, 4.69) is 90.1 Å². The Bertz CT molecular complexity index is 1270. The van der Waals surface area contributed by atoms with Crippen molar-refractivity contribution in [2.75, 3.05) is 80.7 Å². The number of rotatable bonds is 23. The maximum Gasteiger partial charge on any atom is 0.275 e. The zero-order chi connectivity index (χ0) is 34.0. The summed E-state index contributed by atoms with van der Waals surface area (Å²) >= 11 is 0. The van der Waals surface area contributed by atoms with E-state index in [1.54, 1.807) is 0 Å². The van der Waals surface area contributed by atoms with Crippen molar-refractivity contribution in [1.82, 2.24) is 10.6 Å². The SMILES string of the molecule is C=CCc1ccc(OCC[N+](C)(C)CC(=O)NCCCC)c(-c2ccc(OCC[N+](C)(C)CC(=O)NCCCC)c(CC=C)c2)c1. The first-order valence-electron chi connectivity index (χ1n) is 16.8. The smallest absolute Gasteiger partial charge is 0.275 e. The third kappa shape index (κ3) is 14.2. The van der Waals surface area contributed by atoms with Crippen LogP contribution >= 0.6 is 0 Å². The predicted octanol–water partition coefficient (Wildman–Crippen LogP) is 5.55. The minimum atomic E-state index is 0.0698. The normalized spacial score (nSPS) is 11.5. The number of hydrogen-bond acceptors (Lipinski definition) is 4. The van der Waals surface area contributed by atoms with Crippen molar-refractivity contribution in [1.29, 1.82) is 0 Å². The summed E-state index contributed by atoms with van der Waals surface area (Å²) in [6, 6.07) is 12.5. The number of nitrogens with zero attached hydrogens (tertiary/aromatic N) is 2. The fourth-order valence-electron chi connectivity index (χ4n) is 5.09. The van der Waals surface area contributed by atoms with Crippen molar-refractivity contribution in [2.45, 2.75) is 52.4 Å². The second kappa shape index (κ2) is 19.8. The number of carbonyl (C=O) groups excluding carboxylic acids is 2. The molecular weight excluding hydrogens is 576 g/mol. The summed E-state index contributed by atoms with van der Waals surface area (Å²) in [5, 5.41) is 6.02. The molecule has 2 aromatic rings. The van der Waals surface area contributed by atoms with E-state index >= 15 is 0 Å². The summed E-state index contributed by atoms with van der Waals surface area (Å²) in [5.74, 6) is 1.76. The summed E-state index contributed by atoms with van der Waals surface area (Å²) in [4.78, 5) is 24.8. The zero-order valence-corrected chi connectivity index (χ0v) is 29.5. The number of quaternary nitrogens is 2. The van der Waals surface area contributed by atoms with Crippen LogP contribution in [0.4, 0.5) is 0 Å². The highest BCUT2D eigenvalue weighted by molar-refractivity contribution is 5.77. The Morgan fingerprint density at radius 1 is 0.739 bits per heavy atom. The molecule has 0 aromatic heterocycles. The number of hydrogen-bond donors (Lipinski definition) is 2. The highest BCUT2D eigenvalue weighted by Crippen LogP contribution is 2.35. The first kappa shape index (κ1) is 38.6. The lowest BCUT2D eigenvalue weighted by atomic mass is 9.97. The molecule has 0 saturated heterocycles. The van der Waals surface area contributed by atoms with Crippen molar-refractivity contribution in [3.05, 3.63) is 72.8 Å². The monoisotopic (exact) mass is 636 g/mol. The van der Waals surface area contributed by atoms with Gasteiger partial charge in [0.1, 0.15) is 37.8 Å². The quantitative estimate of drug-likeness (QED) is 0.0953. The van der Waals surface area contributed by atoms with Gasteiger partial charge in [0.2, 0.25) is 0 Å². The minimum Gasteiger partial charge on any atom is -0.487 e. The zero-order valence-electron chi connectivity index (χ0n) is 29.5. The molecule has 8 heteroatoms. The molecule has 0 heterocycles. The van der Waals surface area contributed by atoms with Gasteiger partial charge in [-0.15, -0.1) is 13.2 Å². The summed E-state index contributed by atoms with van der Waals surface area (Å²) in [5.41, 5.74) is 4.24. The van der Waals surface area contributed by atoms with Gasteiger partial charge in [-0.1, -0.05) is 51.0 Å². The molecule has 46 heavy (non-hydrogen) atoms. The van der Waals surface area contributed by atoms with Gasteiger partial charge in [0.15, 0.2) is 13.1 Å². The number of ether oxygens (including phenoxy) is 2. The standard InChI is InChI=1S/C38H58N4O4/c1-9-13-21-39-37(43)29-41(5,6)23-25-45-35-20-18-32(28-33(35)16-12-4)34-27-31(15-11-3)17-19-36(34)46-26-24-42(7,8)30-38(44)40-22-14-10-2/h11-12,17-20,27-28H,3-4,9-10,13-16,21-26,29-30H2,1-2,5-8H3/p+2. The van der Waals surface area contributed by atoms with Crippen LogP contribution in [0, 0.1) is 0 Å². The molecule has 0 atom stereocenters. The van der Waals surface area contributed by atoms with E-state index in [1.165, 1.54) is 0 Å². The molecule has 254 valence electrons. The third-order valence-electron chi connectivity index (χ3n) is 7.92. The Morgan fingerprint density at radius 3 is 1.78 bits per heavy atom. The van der Waals surface area contributed by atoms with Crippen molar-refractivity contribution >= 4 is 11.8 Å². The van der Waals surface area contributed by atoms with Crippen LogP contribution in [-0.4, -0.2) is 101 Å². The van der Waals surface area contributed by atoms with E-state index in [9.17, 15) is 9.59 Å². The van der Waals surface area contributed by atoms with Gasteiger partial charge in [-0.2, -0.15) is 0 Å². The molecule has 0 aliphatic rings. The fourth-order valence-corrected chi connectivity index (χ4v) is 5.09. The molecule has 0 aliphatic carbocycles. The molecule has 2 amide bonds. The van der Waals surface area contributed by atoms with E-state index in [0.29, 0.717) is 54.8 Å². The van der Waals surface area contributed by atoms with Crippen molar-refractivity contribution in [2.24, 2.45) is 0 Å². The predicted molar refractivity (Wildman–Crippen MR) is 190 cm³/mol. The van der Waals surface area contributed by atoms with E-state index in [0.717, 1.165) is 78.9 Å². The van der Waals surface area contributed by atoms with Gasteiger partial charge >= 0.3 is 0 Å². The van der Waals surface area contributed by atoms with Gasteiger partial charge < -0.3 is 29.1 Å². The summed E-state index contributed by atoms with van der Waals surface area (Å²) in [7, 11) is 8.21. The number of amides is 2. The number of allylic oxidation sites excluding steroid dienone is 2. The van der Waals surface area contributed by atoms with Crippen LogP contribution in [0.2, 0.25) is 0 Å². The van der Waals surface area contributed by atoms with Crippen LogP contribution in [0.15, 0.2) is 61.7 Å². The van der Waals surface area contributed by atoms with Crippen LogP contribution in [0.1, 0.15) is 50.7 Å². The molecular formula is C38H60N4O4+2. The van der Waals surface area contributed by atoms with E-state index in [-0.39, 0.29) is 11.8 Å². The van der Waals surface area contributed by atoms with E-state index < -0.39 is 0 Å². The lowest BCUT2D eigenvalue weighted by Gasteiger charge is -2.29. The van der Waals surface area contributed by atoms with Crippen LogP contribution in [-0.2, 0) is 22.4 Å². The molecule has 0 aliphatic heterocycles. The molecule has 0 fully saturated rings. The van der Waals surface area contributed by atoms with E-state index in [1.807, 2.05) is 24.3 Å². The molecule has 0 bridgehead atoms. The first-order chi connectivity index (χ1) is 21.9. The largest absolute Gasteiger partial charge is 0.487 e. The Labute approximate surface area is 278 Å². The van der Waals surface area contributed by atoms with Crippen LogP contribution in [0.5, 0.6) is 11.5 Å². The lowest BCUT2D eigenvalue weighted by Crippen LogP contribution is -2.49. The minimum absolute atomic E-state index is 0.0698. The first-order valence-corrected chi connectivity index (χ1v) is 16.8. The molecule has 0 saturated carbocycles. The highest BCUT2D eigenvalue weighted by atomic mass is 16.5. The van der Waals surface area contributed by atoms with Crippen LogP contribution < -0.4 is 20.1 Å². The van der Waals surface area contributed by atoms with Crippen molar-refractivity contribution in [3.63, 3.8) is 0 Å². The average molecular weight is 637 g/mol. The average Bonchev–Trinajstić information content (AvgIpc) is 2.98. The Balaban J connectivity index is 2.16. The maximum absolute atomic E-state index is 12.4. The molecule has 0 radical (unpaired) electrons. The Kier molecular flexibility index (Phi) is 16.6. The summed E-state index contributed by atoms with van der Waals surface area (Å²) in [6.07, 6.45) is 9.31. The molecule has 2 N–H and O–H groups in total. The highest BCUT2D eigenvalue weighted by Gasteiger charge is 2.22. The lowest BCUT2D eigenvalue weighted by molar-refractivity contribution is -0.882. The number of likely N-dealkylation sites (N-methyl/N-ethyl adjacent to an activating group) is 2. The second-order valence-electron chi connectivity index (χ2n) is 13.4.